The number of nitrogens with zero attached hydrogens (tertiary/aromatic N) is 2. The molecule has 1 heterocycles. The Morgan fingerprint density at radius 2 is 2.09 bits per heavy atom. The van der Waals surface area contributed by atoms with Gasteiger partial charge in [-0.1, -0.05) is 0 Å². The van der Waals surface area contributed by atoms with E-state index in [0.717, 1.165) is 0 Å². The summed E-state index contributed by atoms with van der Waals surface area (Å²) >= 11 is 0. The number of nitrogens with one attached hydrogen (secondary N) is 1. The van der Waals surface area contributed by atoms with Crippen LogP contribution in [0.2, 0.25) is 0 Å². The van der Waals surface area contributed by atoms with Gasteiger partial charge in [0.25, 0.3) is 0 Å². The van der Waals surface area contributed by atoms with Crippen LogP contribution >= 0.6 is 0 Å². The van der Waals surface area contributed by atoms with Crippen LogP contribution in [0.4, 0.5) is 10.6 Å². The van der Waals surface area contributed by atoms with Gasteiger partial charge < -0.3 is 25.3 Å². The normalized spacial score (nSPS) is 12.3. The Balaban J connectivity index is 2.74. The molecule has 0 saturated carbocycles. The van der Waals surface area contributed by atoms with Gasteiger partial charge in [-0.3, -0.25) is 0 Å². The van der Waals surface area contributed by atoms with E-state index < -0.39 is 28.6 Å². The van der Waals surface area contributed by atoms with E-state index in [-0.39, 0.29) is 12.2 Å². The molecule has 0 aliphatic heterocycles. The van der Waals surface area contributed by atoms with Crippen LogP contribution in [0.15, 0.2) is 18.3 Å². The second kappa shape index (κ2) is 6.83. The monoisotopic (exact) mass is 311 g/mol. The minimum Gasteiger partial charge on any atom is -0.480 e. The topological polar surface area (TPSA) is 132 Å². The number of aliphatic carboxylic acids is 1. The molecule has 0 bridgehead atoms. The van der Waals surface area contributed by atoms with Crippen LogP contribution in [-0.2, 0) is 16.0 Å². The van der Waals surface area contributed by atoms with E-state index in [1.165, 1.54) is 18.3 Å². The molecule has 0 fully saturated rings. The first-order valence-corrected chi connectivity index (χ1v) is 6.40. The van der Waals surface area contributed by atoms with E-state index >= 15 is 0 Å². The predicted octanol–water partition coefficient (Wildman–Crippen LogP) is 1.51. The summed E-state index contributed by atoms with van der Waals surface area (Å²) in [4.78, 5) is 36.2. The van der Waals surface area contributed by atoms with Crippen molar-refractivity contribution in [2.24, 2.45) is 0 Å². The van der Waals surface area contributed by atoms with Gasteiger partial charge in [-0.15, -0.1) is 0 Å². The molecule has 0 aromatic carbocycles. The number of hydrogen-bond acceptors (Lipinski definition) is 6. The number of amides is 1. The van der Waals surface area contributed by atoms with Crippen LogP contribution in [0.5, 0.6) is 0 Å². The Kier molecular flexibility index (Phi) is 5.39. The van der Waals surface area contributed by atoms with Crippen molar-refractivity contribution in [2.45, 2.75) is 38.8 Å². The zero-order valence-electron chi connectivity index (χ0n) is 12.4. The maximum Gasteiger partial charge on any atom is 0.408 e. The molecular formula is C13H17N3O6. The molecule has 1 atom stereocenters. The molecule has 0 saturated heterocycles. The molecule has 1 aromatic rings. The Morgan fingerprint density at radius 3 is 2.50 bits per heavy atom. The Hall–Kier alpha value is -2.71. The molecule has 0 spiro atoms. The van der Waals surface area contributed by atoms with Crippen molar-refractivity contribution in [1.82, 2.24) is 10.3 Å². The third-order valence-corrected chi connectivity index (χ3v) is 2.43. The molecule has 120 valence electrons. The summed E-state index contributed by atoms with van der Waals surface area (Å²) < 4.78 is 4.99. The molecule has 1 rings (SSSR count). The summed E-state index contributed by atoms with van der Waals surface area (Å²) in [6, 6.07) is 1.33. The number of carboxylic acid groups (broad SMARTS) is 1. The molecule has 9 heteroatoms. The van der Waals surface area contributed by atoms with Crippen LogP contribution in [0.25, 0.3) is 0 Å². The highest BCUT2D eigenvalue weighted by atomic mass is 16.6. The van der Waals surface area contributed by atoms with Gasteiger partial charge in [0, 0.05) is 12.5 Å². The lowest BCUT2D eigenvalue weighted by atomic mass is 10.1. The smallest absolute Gasteiger partial charge is 0.408 e. The van der Waals surface area contributed by atoms with Crippen molar-refractivity contribution in [2.75, 3.05) is 0 Å². The first-order chi connectivity index (χ1) is 10.1. The van der Waals surface area contributed by atoms with Gasteiger partial charge in [0.1, 0.15) is 17.8 Å². The van der Waals surface area contributed by atoms with E-state index in [2.05, 4.69) is 10.3 Å². The largest absolute Gasteiger partial charge is 0.480 e. The molecule has 0 radical (unpaired) electrons. The first kappa shape index (κ1) is 17.3. The molecule has 0 unspecified atom stereocenters. The number of hydrogen-bond donors (Lipinski definition) is 2. The number of rotatable bonds is 5. The number of ether oxygens (including phenoxy) is 1. The van der Waals surface area contributed by atoms with Crippen LogP contribution in [0, 0.1) is 10.1 Å². The third-order valence-electron chi connectivity index (χ3n) is 2.43. The summed E-state index contributed by atoms with van der Waals surface area (Å²) in [5.74, 6) is -1.58. The molecule has 1 aromatic heterocycles. The average molecular weight is 311 g/mol. The average Bonchev–Trinajstić information content (AvgIpc) is 2.36. The van der Waals surface area contributed by atoms with Crippen LogP contribution in [0.1, 0.15) is 26.3 Å². The van der Waals surface area contributed by atoms with E-state index in [9.17, 15) is 19.7 Å². The van der Waals surface area contributed by atoms with Gasteiger partial charge in [0.15, 0.2) is 0 Å². The zero-order valence-corrected chi connectivity index (χ0v) is 12.4. The van der Waals surface area contributed by atoms with E-state index in [1.54, 1.807) is 20.8 Å². The lowest BCUT2D eigenvalue weighted by Crippen LogP contribution is -2.44. The summed E-state index contributed by atoms with van der Waals surface area (Å²) in [6.45, 7) is 4.97. The predicted molar refractivity (Wildman–Crippen MR) is 75.4 cm³/mol. The van der Waals surface area contributed by atoms with Gasteiger partial charge >= 0.3 is 17.9 Å². The number of aromatic nitrogens is 1. The Bertz CT molecular complexity index is 564. The van der Waals surface area contributed by atoms with Crippen molar-refractivity contribution in [3.63, 3.8) is 0 Å². The van der Waals surface area contributed by atoms with Crippen molar-refractivity contribution < 1.29 is 24.4 Å². The van der Waals surface area contributed by atoms with Crippen molar-refractivity contribution in [3.05, 3.63) is 34.0 Å². The fourth-order valence-corrected chi connectivity index (χ4v) is 1.53. The maximum absolute atomic E-state index is 11.6. The fraction of sp³-hybridized carbons (Fsp3) is 0.462. The van der Waals surface area contributed by atoms with Crippen molar-refractivity contribution >= 4 is 17.9 Å². The SMILES string of the molecule is CC(C)(C)OC(=O)N[C@@H](Cc1ccc([N+](=O)[O-])nc1)C(=O)O. The number of pyridine rings is 1. The van der Waals surface area contributed by atoms with Gasteiger partial charge in [-0.05, 0) is 42.3 Å². The lowest BCUT2D eigenvalue weighted by molar-refractivity contribution is -0.389. The minimum absolute atomic E-state index is 0.0699. The zero-order chi connectivity index (χ0) is 16.9. The second-order valence-corrected chi connectivity index (χ2v) is 5.52. The van der Waals surface area contributed by atoms with E-state index in [0.29, 0.717) is 5.56 Å². The van der Waals surface area contributed by atoms with Crippen LogP contribution in [-0.4, -0.2) is 38.7 Å². The van der Waals surface area contributed by atoms with Gasteiger partial charge in [0.2, 0.25) is 0 Å². The Morgan fingerprint density at radius 1 is 1.45 bits per heavy atom. The Labute approximate surface area is 126 Å². The highest BCUT2D eigenvalue weighted by molar-refractivity contribution is 5.80. The number of carbonyl (C=O) groups excluding carboxylic acids is 1. The molecule has 2 N–H and O–H groups in total. The molecule has 1 amide bonds. The summed E-state index contributed by atoms with van der Waals surface area (Å²) in [7, 11) is 0. The number of carboxylic acids is 1. The van der Waals surface area contributed by atoms with Crippen LogP contribution < -0.4 is 5.32 Å². The van der Waals surface area contributed by atoms with Crippen molar-refractivity contribution in [3.8, 4) is 0 Å². The summed E-state index contributed by atoms with van der Waals surface area (Å²) in [6.07, 6.45) is 0.277. The van der Waals surface area contributed by atoms with Gasteiger partial charge in [-0.25, -0.2) is 9.59 Å². The molecule has 0 aliphatic rings. The van der Waals surface area contributed by atoms with Gasteiger partial charge in [-0.2, -0.15) is 0 Å². The standard InChI is InChI=1S/C13H17N3O6/c1-13(2,3)22-12(19)15-9(11(17)18)6-8-4-5-10(14-7-8)16(20)21/h4-5,7,9H,6H2,1-3H3,(H,15,19)(H,17,18)/t9-/m0/s1. The van der Waals surface area contributed by atoms with Crippen LogP contribution in [0.3, 0.4) is 0 Å². The lowest BCUT2D eigenvalue weighted by Gasteiger charge is -2.21. The quantitative estimate of drug-likeness (QED) is 0.622. The summed E-state index contributed by atoms with van der Waals surface area (Å²) in [5, 5.41) is 21.9. The van der Waals surface area contributed by atoms with E-state index in [4.69, 9.17) is 9.84 Å². The molecule has 9 nitrogen and oxygen atoms in total. The fourth-order valence-electron chi connectivity index (χ4n) is 1.53. The first-order valence-electron chi connectivity index (χ1n) is 6.40. The highest BCUT2D eigenvalue weighted by Gasteiger charge is 2.24. The van der Waals surface area contributed by atoms with Crippen molar-refractivity contribution in [1.29, 1.82) is 0 Å². The van der Waals surface area contributed by atoms with Gasteiger partial charge in [0.05, 0.1) is 0 Å². The number of nitro groups is 1. The second-order valence-electron chi connectivity index (χ2n) is 5.52. The third kappa shape index (κ3) is 5.73. The highest BCUT2D eigenvalue weighted by Crippen LogP contribution is 2.11. The minimum atomic E-state index is -1.25. The number of alkyl carbamates (subject to hydrolysis) is 1. The van der Waals surface area contributed by atoms with E-state index in [1.807, 2.05) is 0 Å². The maximum atomic E-state index is 11.6. The number of carbonyl (C=O) groups is 2. The molecule has 22 heavy (non-hydrogen) atoms. The molecular weight excluding hydrogens is 294 g/mol. The summed E-state index contributed by atoms with van der Waals surface area (Å²) in [5.41, 5.74) is -0.309. The molecule has 0 aliphatic carbocycles.